The molecule has 15 heavy (non-hydrogen) atoms. The fraction of sp³-hybridized carbons (Fsp3) is 0.250. The Hall–Kier alpha value is -1.61. The minimum atomic E-state index is 0.572. The molecule has 1 N–H and O–H groups in total. The van der Waals surface area contributed by atoms with Crippen molar-refractivity contribution in [3.8, 4) is 11.3 Å². The molecule has 1 aromatic heterocycles. The molecule has 0 amide bonds. The second kappa shape index (κ2) is 3.51. The number of rotatable bonds is 2. The van der Waals surface area contributed by atoms with Gasteiger partial charge in [0.25, 0.3) is 0 Å². The highest BCUT2D eigenvalue weighted by atomic mass is 15.2. The van der Waals surface area contributed by atoms with Gasteiger partial charge in [0.2, 0.25) is 0 Å². The van der Waals surface area contributed by atoms with Gasteiger partial charge in [-0.15, -0.1) is 0 Å². The van der Waals surface area contributed by atoms with Gasteiger partial charge in [-0.25, -0.2) is 4.98 Å². The Bertz CT molecular complexity index is 443. The third-order valence-corrected chi connectivity index (χ3v) is 2.89. The molecule has 3 heteroatoms. The molecule has 76 valence electrons. The average molecular weight is 199 g/mol. The van der Waals surface area contributed by atoms with Gasteiger partial charge in [0.05, 0.1) is 24.3 Å². The van der Waals surface area contributed by atoms with Crippen LogP contribution < -0.4 is 5.32 Å². The van der Waals surface area contributed by atoms with Crippen molar-refractivity contribution < 1.29 is 0 Å². The molecule has 1 aliphatic rings. The molecule has 0 radical (unpaired) electrons. The van der Waals surface area contributed by atoms with Crippen LogP contribution in [0, 0.1) is 0 Å². The van der Waals surface area contributed by atoms with Crippen molar-refractivity contribution in [2.24, 2.45) is 0 Å². The molecule has 0 atom stereocenters. The van der Waals surface area contributed by atoms with Gasteiger partial charge in [-0.2, -0.15) is 0 Å². The van der Waals surface area contributed by atoms with Crippen LogP contribution in [0.25, 0.3) is 11.3 Å². The molecule has 1 aliphatic heterocycles. The number of nitrogens with zero attached hydrogens (tertiary/aromatic N) is 2. The summed E-state index contributed by atoms with van der Waals surface area (Å²) in [5, 5.41) is 3.28. The summed E-state index contributed by atoms with van der Waals surface area (Å²) in [6, 6.07) is 11.0. The van der Waals surface area contributed by atoms with Gasteiger partial charge in [0, 0.05) is 13.1 Å². The predicted molar refractivity (Wildman–Crippen MR) is 59.6 cm³/mol. The van der Waals surface area contributed by atoms with Gasteiger partial charge in [-0.1, -0.05) is 30.3 Å². The lowest BCUT2D eigenvalue weighted by Crippen LogP contribution is -2.43. The standard InChI is InChI=1S/C12H13N3/c1-2-4-10(5-3-1)12-8-14-9-15(12)11-6-13-7-11/h1-5,8-9,11,13H,6-7H2. The summed E-state index contributed by atoms with van der Waals surface area (Å²) in [5.74, 6) is 0. The Morgan fingerprint density at radius 2 is 2.00 bits per heavy atom. The maximum atomic E-state index is 4.24. The number of imidazole rings is 1. The minimum Gasteiger partial charge on any atom is -0.325 e. The summed E-state index contributed by atoms with van der Waals surface area (Å²) >= 11 is 0. The zero-order valence-electron chi connectivity index (χ0n) is 8.43. The first-order valence-electron chi connectivity index (χ1n) is 5.23. The van der Waals surface area contributed by atoms with Crippen molar-refractivity contribution in [2.75, 3.05) is 13.1 Å². The van der Waals surface area contributed by atoms with Crippen molar-refractivity contribution in [1.29, 1.82) is 0 Å². The zero-order valence-corrected chi connectivity index (χ0v) is 8.43. The molecule has 1 fully saturated rings. The number of hydrogen-bond acceptors (Lipinski definition) is 2. The Morgan fingerprint density at radius 3 is 2.67 bits per heavy atom. The van der Waals surface area contributed by atoms with E-state index in [1.807, 2.05) is 18.6 Å². The number of hydrogen-bond donors (Lipinski definition) is 1. The van der Waals surface area contributed by atoms with E-state index in [0.717, 1.165) is 13.1 Å². The lowest BCUT2D eigenvalue weighted by Gasteiger charge is -2.29. The van der Waals surface area contributed by atoms with Gasteiger partial charge < -0.3 is 9.88 Å². The summed E-state index contributed by atoms with van der Waals surface area (Å²) < 4.78 is 2.26. The molecule has 1 aromatic carbocycles. The van der Waals surface area contributed by atoms with Gasteiger partial charge >= 0.3 is 0 Å². The maximum absolute atomic E-state index is 4.24. The van der Waals surface area contributed by atoms with Crippen LogP contribution in [0.15, 0.2) is 42.9 Å². The van der Waals surface area contributed by atoms with Gasteiger partial charge in [-0.05, 0) is 5.56 Å². The second-order valence-electron chi connectivity index (χ2n) is 3.86. The Kier molecular flexibility index (Phi) is 2.03. The molecule has 0 bridgehead atoms. The molecular formula is C12H13N3. The third-order valence-electron chi connectivity index (χ3n) is 2.89. The summed E-state index contributed by atoms with van der Waals surface area (Å²) in [5.41, 5.74) is 2.45. The van der Waals surface area contributed by atoms with E-state index < -0.39 is 0 Å². The fourth-order valence-corrected chi connectivity index (χ4v) is 1.90. The number of benzene rings is 1. The summed E-state index contributed by atoms with van der Waals surface area (Å²) in [6.45, 7) is 2.10. The lowest BCUT2D eigenvalue weighted by atomic mass is 10.1. The normalized spacial score (nSPS) is 16.3. The van der Waals surface area contributed by atoms with Crippen LogP contribution in [0.2, 0.25) is 0 Å². The van der Waals surface area contributed by atoms with Crippen LogP contribution in [0.1, 0.15) is 6.04 Å². The van der Waals surface area contributed by atoms with Gasteiger partial charge in [0.15, 0.2) is 0 Å². The van der Waals surface area contributed by atoms with E-state index in [4.69, 9.17) is 0 Å². The molecule has 2 heterocycles. The highest BCUT2D eigenvalue weighted by Crippen LogP contribution is 2.23. The quantitative estimate of drug-likeness (QED) is 0.797. The molecule has 2 aromatic rings. The highest BCUT2D eigenvalue weighted by Gasteiger charge is 2.20. The van der Waals surface area contributed by atoms with Crippen molar-refractivity contribution in [1.82, 2.24) is 14.9 Å². The van der Waals surface area contributed by atoms with E-state index in [9.17, 15) is 0 Å². The SMILES string of the molecule is c1ccc(-c2cncn2C2CNC2)cc1. The fourth-order valence-electron chi connectivity index (χ4n) is 1.90. The Balaban J connectivity index is 2.01. The number of aromatic nitrogens is 2. The van der Waals surface area contributed by atoms with E-state index in [-0.39, 0.29) is 0 Å². The lowest BCUT2D eigenvalue weighted by molar-refractivity contribution is 0.346. The first-order chi connectivity index (χ1) is 7.45. The molecule has 0 unspecified atom stereocenters. The molecule has 0 aliphatic carbocycles. The second-order valence-corrected chi connectivity index (χ2v) is 3.86. The smallest absolute Gasteiger partial charge is 0.0954 e. The summed E-state index contributed by atoms with van der Waals surface area (Å²) in [4.78, 5) is 4.24. The monoisotopic (exact) mass is 199 g/mol. The number of nitrogens with one attached hydrogen (secondary N) is 1. The minimum absolute atomic E-state index is 0.572. The molecule has 1 saturated heterocycles. The topological polar surface area (TPSA) is 29.9 Å². The zero-order chi connectivity index (χ0) is 10.1. The van der Waals surface area contributed by atoms with Crippen molar-refractivity contribution in [3.05, 3.63) is 42.9 Å². The van der Waals surface area contributed by atoms with E-state index in [1.165, 1.54) is 11.3 Å². The van der Waals surface area contributed by atoms with E-state index in [0.29, 0.717) is 6.04 Å². The van der Waals surface area contributed by atoms with E-state index >= 15 is 0 Å². The molecule has 0 spiro atoms. The van der Waals surface area contributed by atoms with Crippen molar-refractivity contribution >= 4 is 0 Å². The van der Waals surface area contributed by atoms with Crippen LogP contribution in [0.4, 0.5) is 0 Å². The highest BCUT2D eigenvalue weighted by molar-refractivity contribution is 5.58. The average Bonchev–Trinajstić information content (AvgIpc) is 2.65. The summed E-state index contributed by atoms with van der Waals surface area (Å²) in [7, 11) is 0. The summed E-state index contributed by atoms with van der Waals surface area (Å²) in [6.07, 6.45) is 3.86. The van der Waals surface area contributed by atoms with Gasteiger partial charge in [0.1, 0.15) is 0 Å². The maximum Gasteiger partial charge on any atom is 0.0954 e. The molecule has 3 nitrogen and oxygen atoms in total. The van der Waals surface area contributed by atoms with Gasteiger partial charge in [-0.3, -0.25) is 0 Å². The van der Waals surface area contributed by atoms with E-state index in [2.05, 4.69) is 39.1 Å². The first kappa shape index (κ1) is 8.68. The van der Waals surface area contributed by atoms with Crippen LogP contribution >= 0.6 is 0 Å². The predicted octanol–water partition coefficient (Wildman–Crippen LogP) is 1.69. The van der Waals surface area contributed by atoms with Crippen LogP contribution in [-0.2, 0) is 0 Å². The van der Waals surface area contributed by atoms with Crippen LogP contribution in [-0.4, -0.2) is 22.6 Å². The Morgan fingerprint density at radius 1 is 1.20 bits per heavy atom. The van der Waals surface area contributed by atoms with E-state index in [1.54, 1.807) is 0 Å². The molecule has 0 saturated carbocycles. The third kappa shape index (κ3) is 1.45. The van der Waals surface area contributed by atoms with Crippen LogP contribution in [0.3, 0.4) is 0 Å². The molecular weight excluding hydrogens is 186 g/mol. The first-order valence-corrected chi connectivity index (χ1v) is 5.23. The largest absolute Gasteiger partial charge is 0.325 e. The van der Waals surface area contributed by atoms with Crippen LogP contribution in [0.5, 0.6) is 0 Å². The Labute approximate surface area is 88.8 Å². The van der Waals surface area contributed by atoms with Crippen molar-refractivity contribution in [2.45, 2.75) is 6.04 Å². The van der Waals surface area contributed by atoms with Crippen molar-refractivity contribution in [3.63, 3.8) is 0 Å². The molecule has 3 rings (SSSR count).